The summed E-state index contributed by atoms with van der Waals surface area (Å²) in [5, 5.41) is 11.6. The number of rotatable bonds is 0. The summed E-state index contributed by atoms with van der Waals surface area (Å²) in [6.45, 7) is 0. The first-order chi connectivity index (χ1) is 7.74. The SMILES string of the molecule is COC.O=C1C=Cc2ccccc2C1=NO. The van der Waals surface area contributed by atoms with E-state index in [4.69, 9.17) is 5.21 Å². The monoisotopic (exact) mass is 219 g/mol. The molecule has 0 saturated carbocycles. The molecule has 0 unspecified atom stereocenters. The molecule has 1 aliphatic carbocycles. The Morgan fingerprint density at radius 1 is 1.19 bits per heavy atom. The van der Waals surface area contributed by atoms with Gasteiger partial charge in [0.1, 0.15) is 0 Å². The van der Waals surface area contributed by atoms with Crippen LogP contribution in [-0.2, 0) is 9.53 Å². The van der Waals surface area contributed by atoms with Gasteiger partial charge in [-0.15, -0.1) is 0 Å². The van der Waals surface area contributed by atoms with Gasteiger partial charge in [0, 0.05) is 19.8 Å². The smallest absolute Gasteiger partial charge is 0.208 e. The molecule has 1 N–H and O–H groups in total. The van der Waals surface area contributed by atoms with Gasteiger partial charge < -0.3 is 9.94 Å². The van der Waals surface area contributed by atoms with Crippen molar-refractivity contribution in [1.82, 2.24) is 0 Å². The van der Waals surface area contributed by atoms with Gasteiger partial charge in [0.25, 0.3) is 0 Å². The number of allylic oxidation sites excluding steroid dienone is 1. The molecule has 2 rings (SSSR count). The van der Waals surface area contributed by atoms with Crippen LogP contribution in [-0.4, -0.2) is 30.9 Å². The van der Waals surface area contributed by atoms with E-state index in [1.54, 1.807) is 32.4 Å². The molecule has 1 aliphatic rings. The number of benzene rings is 1. The van der Waals surface area contributed by atoms with Crippen LogP contribution >= 0.6 is 0 Å². The third-order valence-corrected chi connectivity index (χ3v) is 1.96. The normalized spacial score (nSPS) is 15.4. The molecule has 16 heavy (non-hydrogen) atoms. The number of hydrogen-bond acceptors (Lipinski definition) is 4. The van der Waals surface area contributed by atoms with Crippen molar-refractivity contribution in [2.45, 2.75) is 0 Å². The van der Waals surface area contributed by atoms with Gasteiger partial charge in [0.2, 0.25) is 5.78 Å². The average Bonchev–Trinajstić information content (AvgIpc) is 2.30. The Morgan fingerprint density at radius 3 is 2.44 bits per heavy atom. The van der Waals surface area contributed by atoms with Crippen molar-refractivity contribution in [3.63, 3.8) is 0 Å². The lowest BCUT2D eigenvalue weighted by Crippen LogP contribution is -2.17. The summed E-state index contributed by atoms with van der Waals surface area (Å²) in [6, 6.07) is 7.29. The second kappa shape index (κ2) is 5.82. The van der Waals surface area contributed by atoms with Crippen LogP contribution in [0.4, 0.5) is 0 Å². The van der Waals surface area contributed by atoms with Crippen molar-refractivity contribution >= 4 is 17.6 Å². The Bertz CT molecular complexity index is 436. The second-order valence-corrected chi connectivity index (χ2v) is 3.14. The molecule has 0 saturated heterocycles. The number of oxime groups is 1. The minimum Gasteiger partial charge on any atom is -0.410 e. The van der Waals surface area contributed by atoms with Crippen LogP contribution in [0.5, 0.6) is 0 Å². The maximum Gasteiger partial charge on any atom is 0.208 e. The Labute approximate surface area is 93.9 Å². The van der Waals surface area contributed by atoms with Crippen molar-refractivity contribution in [3.8, 4) is 0 Å². The van der Waals surface area contributed by atoms with E-state index < -0.39 is 0 Å². The van der Waals surface area contributed by atoms with Crippen LogP contribution < -0.4 is 0 Å². The first-order valence-electron chi connectivity index (χ1n) is 4.68. The van der Waals surface area contributed by atoms with Gasteiger partial charge in [0.15, 0.2) is 5.71 Å². The van der Waals surface area contributed by atoms with E-state index in [0.717, 1.165) is 5.56 Å². The number of hydrogen-bond donors (Lipinski definition) is 1. The highest BCUT2D eigenvalue weighted by Crippen LogP contribution is 2.17. The molecule has 0 aromatic heterocycles. The molecule has 0 fully saturated rings. The molecule has 1 aromatic rings. The van der Waals surface area contributed by atoms with Crippen LogP contribution in [0.2, 0.25) is 0 Å². The van der Waals surface area contributed by atoms with Crippen molar-refractivity contribution < 1.29 is 14.7 Å². The Morgan fingerprint density at radius 2 is 1.81 bits per heavy atom. The van der Waals surface area contributed by atoms with Gasteiger partial charge >= 0.3 is 0 Å². The Hall–Kier alpha value is -1.94. The molecule has 4 nitrogen and oxygen atoms in total. The van der Waals surface area contributed by atoms with Crippen molar-refractivity contribution in [2.24, 2.45) is 5.16 Å². The van der Waals surface area contributed by atoms with Crippen LogP contribution in [0.1, 0.15) is 11.1 Å². The van der Waals surface area contributed by atoms with E-state index in [0.29, 0.717) is 5.56 Å². The molecule has 0 amide bonds. The molecule has 0 aliphatic heterocycles. The lowest BCUT2D eigenvalue weighted by atomic mass is 9.95. The Balaban J connectivity index is 0.000000386. The number of carbonyl (C=O) groups excluding carboxylic acids is 1. The summed E-state index contributed by atoms with van der Waals surface area (Å²) in [6.07, 6.45) is 3.11. The molecular weight excluding hydrogens is 206 g/mol. The zero-order valence-electron chi connectivity index (χ0n) is 9.18. The van der Waals surface area contributed by atoms with Crippen LogP contribution in [0.25, 0.3) is 6.08 Å². The second-order valence-electron chi connectivity index (χ2n) is 3.14. The number of nitrogens with zero attached hydrogens (tertiary/aromatic N) is 1. The molecule has 1 aromatic carbocycles. The lowest BCUT2D eigenvalue weighted by molar-refractivity contribution is -0.108. The van der Waals surface area contributed by atoms with E-state index >= 15 is 0 Å². The largest absolute Gasteiger partial charge is 0.410 e. The summed E-state index contributed by atoms with van der Waals surface area (Å²) in [4.78, 5) is 11.2. The number of fused-ring (bicyclic) bond motifs is 1. The number of carbonyl (C=O) groups is 1. The number of ether oxygens (including phenoxy) is 1. The topological polar surface area (TPSA) is 58.9 Å². The zero-order valence-corrected chi connectivity index (χ0v) is 9.18. The highest BCUT2D eigenvalue weighted by atomic mass is 16.4. The fourth-order valence-corrected chi connectivity index (χ4v) is 1.34. The van der Waals surface area contributed by atoms with Gasteiger partial charge in [-0.1, -0.05) is 35.5 Å². The van der Waals surface area contributed by atoms with Crippen LogP contribution in [0.15, 0.2) is 35.5 Å². The fourth-order valence-electron chi connectivity index (χ4n) is 1.34. The molecule has 0 spiro atoms. The van der Waals surface area contributed by atoms with E-state index in [1.807, 2.05) is 12.1 Å². The van der Waals surface area contributed by atoms with Crippen LogP contribution in [0, 0.1) is 0 Å². The molecular formula is C12H13NO3. The average molecular weight is 219 g/mol. The summed E-state index contributed by atoms with van der Waals surface area (Å²) in [5.41, 5.74) is 1.69. The standard InChI is InChI=1S/C10H7NO2.C2H6O/c12-9-6-5-7-3-1-2-4-8(7)10(9)11-13;1-3-2/h1-6,13H;1-2H3. The van der Waals surface area contributed by atoms with Gasteiger partial charge in [0.05, 0.1) is 0 Å². The van der Waals surface area contributed by atoms with Gasteiger partial charge in [-0.3, -0.25) is 4.79 Å². The minimum absolute atomic E-state index is 0.109. The molecule has 0 heterocycles. The van der Waals surface area contributed by atoms with Gasteiger partial charge in [-0.25, -0.2) is 0 Å². The molecule has 0 radical (unpaired) electrons. The predicted molar refractivity (Wildman–Crippen MR) is 61.7 cm³/mol. The van der Waals surface area contributed by atoms with E-state index in [2.05, 4.69) is 9.89 Å². The number of methoxy groups -OCH3 is 1. The van der Waals surface area contributed by atoms with E-state index in [-0.39, 0.29) is 11.5 Å². The highest BCUT2D eigenvalue weighted by molar-refractivity contribution is 6.52. The number of ketones is 1. The third kappa shape index (κ3) is 2.55. The quantitative estimate of drug-likeness (QED) is 0.534. The lowest BCUT2D eigenvalue weighted by Gasteiger charge is -2.09. The molecule has 4 heteroatoms. The third-order valence-electron chi connectivity index (χ3n) is 1.96. The van der Waals surface area contributed by atoms with E-state index in [1.165, 1.54) is 6.08 Å². The van der Waals surface area contributed by atoms with Gasteiger partial charge in [-0.2, -0.15) is 0 Å². The van der Waals surface area contributed by atoms with E-state index in [9.17, 15) is 4.79 Å². The van der Waals surface area contributed by atoms with Crippen molar-refractivity contribution in [3.05, 3.63) is 41.5 Å². The van der Waals surface area contributed by atoms with Gasteiger partial charge in [-0.05, 0) is 11.6 Å². The Kier molecular flexibility index (Phi) is 4.42. The summed E-state index contributed by atoms with van der Waals surface area (Å²) >= 11 is 0. The minimum atomic E-state index is -0.263. The fraction of sp³-hybridized carbons (Fsp3) is 0.167. The van der Waals surface area contributed by atoms with Crippen molar-refractivity contribution in [1.29, 1.82) is 0 Å². The molecule has 84 valence electrons. The predicted octanol–water partition coefficient (Wildman–Crippen LogP) is 1.72. The zero-order chi connectivity index (χ0) is 12.0. The van der Waals surface area contributed by atoms with Crippen molar-refractivity contribution in [2.75, 3.05) is 14.2 Å². The van der Waals surface area contributed by atoms with Crippen LogP contribution in [0.3, 0.4) is 0 Å². The first-order valence-corrected chi connectivity index (χ1v) is 4.68. The summed E-state index contributed by atoms with van der Waals surface area (Å²) in [7, 11) is 3.25. The highest BCUT2D eigenvalue weighted by Gasteiger charge is 2.18. The first kappa shape index (κ1) is 12.1. The maximum atomic E-state index is 11.2. The maximum absolute atomic E-state index is 11.2. The molecule has 0 bridgehead atoms. The summed E-state index contributed by atoms with van der Waals surface area (Å²) in [5.74, 6) is -0.263. The summed E-state index contributed by atoms with van der Waals surface area (Å²) < 4.78 is 4.25. The molecule has 0 atom stereocenters.